The van der Waals surface area contributed by atoms with E-state index in [9.17, 15) is 9.59 Å². The van der Waals surface area contributed by atoms with Crippen molar-refractivity contribution in [3.05, 3.63) is 29.8 Å². The summed E-state index contributed by atoms with van der Waals surface area (Å²) in [6.45, 7) is 3.37. The molecule has 0 radical (unpaired) electrons. The van der Waals surface area contributed by atoms with Crippen LogP contribution in [0, 0.1) is 11.8 Å². The monoisotopic (exact) mass is 320 g/mol. The number of hydrogen-bond acceptors (Lipinski definition) is 3. The Labute approximate surface area is 136 Å². The molecule has 0 aliphatic carbocycles. The van der Waals surface area contributed by atoms with Crippen LogP contribution in [0.25, 0.3) is 0 Å². The summed E-state index contributed by atoms with van der Waals surface area (Å²) in [7, 11) is 1.62. The third kappa shape index (κ3) is 4.87. The van der Waals surface area contributed by atoms with Crippen molar-refractivity contribution >= 4 is 12.0 Å². The molecule has 1 fully saturated rings. The summed E-state index contributed by atoms with van der Waals surface area (Å²) in [5, 5.41) is 12.0. The van der Waals surface area contributed by atoms with E-state index in [2.05, 4.69) is 5.32 Å². The quantitative estimate of drug-likeness (QED) is 0.869. The standard InChI is InChI=1S/C17H24N2O4/c1-12-8-14(16(20)21)11-19(10-12)17(22)18-7-6-13-4-3-5-15(9-13)23-2/h3-5,9,12,14H,6-8,10-11H2,1-2H3,(H,18,22)(H,20,21). The van der Waals surface area contributed by atoms with Gasteiger partial charge < -0.3 is 20.1 Å². The first kappa shape index (κ1) is 17.1. The van der Waals surface area contributed by atoms with Crippen molar-refractivity contribution in [2.75, 3.05) is 26.7 Å². The number of hydrogen-bond donors (Lipinski definition) is 2. The number of urea groups is 1. The van der Waals surface area contributed by atoms with Gasteiger partial charge in [0.25, 0.3) is 0 Å². The number of nitrogens with zero attached hydrogens (tertiary/aromatic N) is 1. The number of carbonyl (C=O) groups excluding carboxylic acids is 1. The molecule has 6 nitrogen and oxygen atoms in total. The van der Waals surface area contributed by atoms with Gasteiger partial charge in [0.1, 0.15) is 5.75 Å². The first-order valence-corrected chi connectivity index (χ1v) is 7.88. The van der Waals surface area contributed by atoms with Crippen LogP contribution in [0.4, 0.5) is 4.79 Å². The average Bonchev–Trinajstić information content (AvgIpc) is 2.54. The fourth-order valence-corrected chi connectivity index (χ4v) is 2.95. The van der Waals surface area contributed by atoms with Crippen LogP contribution >= 0.6 is 0 Å². The Hall–Kier alpha value is -2.24. The molecule has 1 heterocycles. The third-order valence-electron chi connectivity index (χ3n) is 4.12. The zero-order valence-electron chi connectivity index (χ0n) is 13.6. The number of carboxylic acid groups (broad SMARTS) is 1. The molecule has 2 atom stereocenters. The molecule has 0 aromatic heterocycles. The molecule has 126 valence electrons. The number of ether oxygens (including phenoxy) is 1. The largest absolute Gasteiger partial charge is 0.497 e. The van der Waals surface area contributed by atoms with Gasteiger partial charge in [0, 0.05) is 19.6 Å². The fourth-order valence-electron chi connectivity index (χ4n) is 2.95. The highest BCUT2D eigenvalue weighted by atomic mass is 16.5. The average molecular weight is 320 g/mol. The lowest BCUT2D eigenvalue weighted by atomic mass is 9.91. The van der Waals surface area contributed by atoms with Crippen LogP contribution < -0.4 is 10.1 Å². The number of aliphatic carboxylic acids is 1. The Morgan fingerprint density at radius 3 is 2.87 bits per heavy atom. The third-order valence-corrected chi connectivity index (χ3v) is 4.12. The molecule has 2 unspecified atom stereocenters. The Bertz CT molecular complexity index is 561. The maximum absolute atomic E-state index is 12.2. The van der Waals surface area contributed by atoms with Crippen molar-refractivity contribution in [2.24, 2.45) is 11.8 Å². The number of carboxylic acids is 1. The van der Waals surface area contributed by atoms with E-state index in [4.69, 9.17) is 9.84 Å². The minimum absolute atomic E-state index is 0.189. The van der Waals surface area contributed by atoms with Crippen molar-refractivity contribution in [3.63, 3.8) is 0 Å². The van der Waals surface area contributed by atoms with Gasteiger partial charge >= 0.3 is 12.0 Å². The van der Waals surface area contributed by atoms with Crippen molar-refractivity contribution < 1.29 is 19.4 Å². The molecule has 0 saturated carbocycles. The van der Waals surface area contributed by atoms with Crippen LogP contribution in [0.2, 0.25) is 0 Å². The van der Waals surface area contributed by atoms with Gasteiger partial charge in [-0.1, -0.05) is 19.1 Å². The Morgan fingerprint density at radius 2 is 2.17 bits per heavy atom. The lowest BCUT2D eigenvalue weighted by Crippen LogP contribution is -2.49. The van der Waals surface area contributed by atoms with Gasteiger partial charge in [-0.2, -0.15) is 0 Å². The van der Waals surface area contributed by atoms with Crippen LogP contribution in [0.5, 0.6) is 5.75 Å². The molecule has 1 aliphatic rings. The zero-order chi connectivity index (χ0) is 16.8. The van der Waals surface area contributed by atoms with E-state index in [1.807, 2.05) is 31.2 Å². The molecule has 1 aliphatic heterocycles. The molecule has 0 spiro atoms. The van der Waals surface area contributed by atoms with Crippen molar-refractivity contribution in [1.29, 1.82) is 0 Å². The fraction of sp³-hybridized carbons (Fsp3) is 0.529. The summed E-state index contributed by atoms with van der Waals surface area (Å²) >= 11 is 0. The molecular formula is C17H24N2O4. The number of benzene rings is 1. The molecule has 2 amide bonds. The van der Waals surface area contributed by atoms with Crippen LogP contribution in [0.1, 0.15) is 18.9 Å². The second-order valence-electron chi connectivity index (χ2n) is 6.11. The van der Waals surface area contributed by atoms with Crippen molar-refractivity contribution in [2.45, 2.75) is 19.8 Å². The molecule has 23 heavy (non-hydrogen) atoms. The van der Waals surface area contributed by atoms with Gasteiger partial charge in [0.2, 0.25) is 0 Å². The number of amides is 2. The van der Waals surface area contributed by atoms with Crippen LogP contribution in [0.15, 0.2) is 24.3 Å². The molecule has 0 bridgehead atoms. The molecular weight excluding hydrogens is 296 g/mol. The second kappa shape index (κ2) is 7.85. The molecule has 1 saturated heterocycles. The topological polar surface area (TPSA) is 78.9 Å². The van der Waals surface area contributed by atoms with E-state index in [1.54, 1.807) is 12.0 Å². The summed E-state index contributed by atoms with van der Waals surface area (Å²) < 4.78 is 5.17. The van der Waals surface area contributed by atoms with Gasteiger partial charge in [-0.15, -0.1) is 0 Å². The van der Waals surface area contributed by atoms with Crippen LogP contribution in [-0.4, -0.2) is 48.8 Å². The smallest absolute Gasteiger partial charge is 0.317 e. The van der Waals surface area contributed by atoms with E-state index in [1.165, 1.54) is 0 Å². The van der Waals surface area contributed by atoms with Gasteiger partial charge in [0.05, 0.1) is 13.0 Å². The van der Waals surface area contributed by atoms with Crippen LogP contribution in [-0.2, 0) is 11.2 Å². The van der Waals surface area contributed by atoms with E-state index in [0.717, 1.165) is 11.3 Å². The normalized spacial score (nSPS) is 20.9. The second-order valence-corrected chi connectivity index (χ2v) is 6.11. The number of rotatable bonds is 5. The summed E-state index contributed by atoms with van der Waals surface area (Å²) in [5.74, 6) is -0.300. The first-order valence-electron chi connectivity index (χ1n) is 7.88. The van der Waals surface area contributed by atoms with E-state index < -0.39 is 11.9 Å². The molecule has 1 aromatic carbocycles. The highest BCUT2D eigenvalue weighted by Crippen LogP contribution is 2.21. The molecule has 2 rings (SSSR count). The summed E-state index contributed by atoms with van der Waals surface area (Å²) in [5.41, 5.74) is 1.08. The van der Waals surface area contributed by atoms with E-state index >= 15 is 0 Å². The van der Waals surface area contributed by atoms with Crippen LogP contribution in [0.3, 0.4) is 0 Å². The molecule has 6 heteroatoms. The van der Waals surface area contributed by atoms with Gasteiger partial charge in [-0.25, -0.2) is 4.79 Å². The van der Waals surface area contributed by atoms with Crippen molar-refractivity contribution in [3.8, 4) is 5.75 Å². The highest BCUT2D eigenvalue weighted by Gasteiger charge is 2.31. The number of carbonyl (C=O) groups is 2. The maximum atomic E-state index is 12.2. The van der Waals surface area contributed by atoms with Gasteiger partial charge in [-0.3, -0.25) is 4.79 Å². The first-order chi connectivity index (χ1) is 11.0. The zero-order valence-corrected chi connectivity index (χ0v) is 13.6. The number of methoxy groups -OCH3 is 1. The van der Waals surface area contributed by atoms with E-state index in [0.29, 0.717) is 25.9 Å². The molecule has 1 aromatic rings. The van der Waals surface area contributed by atoms with Crippen molar-refractivity contribution in [1.82, 2.24) is 10.2 Å². The summed E-state index contributed by atoms with van der Waals surface area (Å²) in [6, 6.07) is 7.53. The van der Waals surface area contributed by atoms with E-state index in [-0.39, 0.29) is 18.5 Å². The summed E-state index contributed by atoms with van der Waals surface area (Å²) in [6.07, 6.45) is 1.33. The Balaban J connectivity index is 1.83. The Morgan fingerprint density at radius 1 is 1.39 bits per heavy atom. The number of nitrogens with one attached hydrogen (secondary N) is 1. The SMILES string of the molecule is COc1cccc(CCNC(=O)N2CC(C)CC(C(=O)O)C2)c1. The lowest BCUT2D eigenvalue weighted by molar-refractivity contribution is -0.143. The van der Waals surface area contributed by atoms with Gasteiger partial charge in [-0.05, 0) is 36.5 Å². The minimum atomic E-state index is -0.828. The summed E-state index contributed by atoms with van der Waals surface area (Å²) in [4.78, 5) is 25.0. The van der Waals surface area contributed by atoms with Gasteiger partial charge in [0.15, 0.2) is 0 Å². The minimum Gasteiger partial charge on any atom is -0.497 e. The number of likely N-dealkylation sites (tertiary alicyclic amines) is 1. The number of piperidine rings is 1. The predicted molar refractivity (Wildman–Crippen MR) is 86.6 cm³/mol. The lowest BCUT2D eigenvalue weighted by Gasteiger charge is -2.34. The maximum Gasteiger partial charge on any atom is 0.317 e. The molecule has 2 N–H and O–H groups in total. The predicted octanol–water partition coefficient (Wildman–Crippen LogP) is 1.99. The highest BCUT2D eigenvalue weighted by molar-refractivity contribution is 5.76. The Kier molecular flexibility index (Phi) is 5.84.